The number of carbonyl (C=O) groups is 1. The Labute approximate surface area is 173 Å². The van der Waals surface area contributed by atoms with Gasteiger partial charge in [0.15, 0.2) is 0 Å². The summed E-state index contributed by atoms with van der Waals surface area (Å²) in [5.74, 6) is 0.441. The summed E-state index contributed by atoms with van der Waals surface area (Å²) >= 11 is 12.0. The summed E-state index contributed by atoms with van der Waals surface area (Å²) in [6.45, 7) is 1.10. The highest BCUT2D eigenvalue weighted by molar-refractivity contribution is 6.33. The van der Waals surface area contributed by atoms with Crippen molar-refractivity contribution in [1.82, 2.24) is 4.98 Å². The van der Waals surface area contributed by atoms with Crippen LogP contribution < -0.4 is 15.4 Å². The molecule has 0 aliphatic heterocycles. The minimum atomic E-state index is -0.251. The smallest absolute Gasteiger partial charge is 0.261 e. The molecular weight excluding hydrogens is 397 g/mol. The molecule has 0 radical (unpaired) electrons. The van der Waals surface area contributed by atoms with E-state index in [1.807, 2.05) is 48.5 Å². The van der Waals surface area contributed by atoms with Crippen LogP contribution in [0.2, 0.25) is 10.2 Å². The zero-order valence-electron chi connectivity index (χ0n) is 15.0. The van der Waals surface area contributed by atoms with Gasteiger partial charge in [-0.2, -0.15) is 0 Å². The summed E-state index contributed by atoms with van der Waals surface area (Å²) in [6, 6.07) is 18.0. The van der Waals surface area contributed by atoms with Crippen LogP contribution in [0.15, 0.2) is 66.9 Å². The van der Waals surface area contributed by atoms with Gasteiger partial charge in [-0.3, -0.25) is 4.79 Å². The first-order valence-corrected chi connectivity index (χ1v) is 9.44. The third-order valence-corrected chi connectivity index (χ3v) is 4.61. The number of carbonyl (C=O) groups excluding carboxylic acids is 1. The SMILES string of the molecule is NCCN(C(=O)c1cccnc1Cl)c1ccc(OCc2ccc(Cl)cc2)cc1. The Morgan fingerprint density at radius 2 is 1.75 bits per heavy atom. The maximum atomic E-state index is 12.9. The summed E-state index contributed by atoms with van der Waals surface area (Å²) in [4.78, 5) is 18.4. The molecule has 1 heterocycles. The van der Waals surface area contributed by atoms with E-state index >= 15 is 0 Å². The largest absolute Gasteiger partial charge is 0.489 e. The quantitative estimate of drug-likeness (QED) is 0.573. The van der Waals surface area contributed by atoms with Crippen LogP contribution in [-0.2, 0) is 6.61 Å². The van der Waals surface area contributed by atoms with Crippen molar-refractivity contribution in [3.05, 3.63) is 88.2 Å². The first-order chi connectivity index (χ1) is 13.6. The zero-order chi connectivity index (χ0) is 19.9. The third-order valence-electron chi connectivity index (χ3n) is 4.05. The van der Waals surface area contributed by atoms with E-state index in [0.29, 0.717) is 41.7 Å². The van der Waals surface area contributed by atoms with Crippen LogP contribution >= 0.6 is 23.2 Å². The first kappa shape index (κ1) is 20.1. The van der Waals surface area contributed by atoms with E-state index in [-0.39, 0.29) is 11.1 Å². The summed E-state index contributed by atoms with van der Waals surface area (Å²) in [7, 11) is 0. The van der Waals surface area contributed by atoms with Gasteiger partial charge in [0.2, 0.25) is 0 Å². The molecule has 0 saturated heterocycles. The van der Waals surface area contributed by atoms with Gasteiger partial charge in [0.25, 0.3) is 5.91 Å². The van der Waals surface area contributed by atoms with Crippen molar-refractivity contribution in [1.29, 1.82) is 0 Å². The fraction of sp³-hybridized carbons (Fsp3) is 0.143. The van der Waals surface area contributed by atoms with Gasteiger partial charge in [0, 0.05) is 30.0 Å². The van der Waals surface area contributed by atoms with Crippen molar-refractivity contribution in [2.45, 2.75) is 6.61 Å². The number of amides is 1. The van der Waals surface area contributed by atoms with Gasteiger partial charge in [-0.25, -0.2) is 4.98 Å². The lowest BCUT2D eigenvalue weighted by molar-refractivity contribution is 0.0987. The summed E-state index contributed by atoms with van der Waals surface area (Å²) in [6.07, 6.45) is 1.54. The van der Waals surface area contributed by atoms with Gasteiger partial charge in [-0.05, 0) is 54.1 Å². The van der Waals surface area contributed by atoms with E-state index in [9.17, 15) is 4.79 Å². The molecule has 0 atom stereocenters. The molecule has 1 aromatic heterocycles. The monoisotopic (exact) mass is 415 g/mol. The van der Waals surface area contributed by atoms with Crippen LogP contribution in [0.5, 0.6) is 5.75 Å². The predicted molar refractivity (Wildman–Crippen MR) is 112 cm³/mol. The number of aromatic nitrogens is 1. The van der Waals surface area contributed by atoms with Crippen molar-refractivity contribution < 1.29 is 9.53 Å². The van der Waals surface area contributed by atoms with Crippen LogP contribution in [0.25, 0.3) is 0 Å². The minimum absolute atomic E-state index is 0.164. The van der Waals surface area contributed by atoms with Crippen molar-refractivity contribution in [2.75, 3.05) is 18.0 Å². The van der Waals surface area contributed by atoms with Gasteiger partial charge in [0.1, 0.15) is 17.5 Å². The minimum Gasteiger partial charge on any atom is -0.489 e. The molecular formula is C21H19Cl2N3O2. The second kappa shape index (κ2) is 9.55. The van der Waals surface area contributed by atoms with Gasteiger partial charge in [-0.15, -0.1) is 0 Å². The van der Waals surface area contributed by atoms with Gasteiger partial charge >= 0.3 is 0 Å². The molecule has 0 aliphatic rings. The van der Waals surface area contributed by atoms with Crippen LogP contribution in [0.3, 0.4) is 0 Å². The molecule has 28 heavy (non-hydrogen) atoms. The Kier molecular flexibility index (Phi) is 6.87. The molecule has 0 unspecified atom stereocenters. The number of nitrogens with zero attached hydrogens (tertiary/aromatic N) is 2. The maximum Gasteiger partial charge on any atom is 0.261 e. The molecule has 2 aromatic carbocycles. The molecule has 0 spiro atoms. The number of hydrogen-bond donors (Lipinski definition) is 1. The second-order valence-electron chi connectivity index (χ2n) is 6.00. The molecule has 2 N–H and O–H groups in total. The molecule has 7 heteroatoms. The van der Waals surface area contributed by atoms with Crippen molar-refractivity contribution in [3.63, 3.8) is 0 Å². The van der Waals surface area contributed by atoms with Crippen LogP contribution in [0, 0.1) is 0 Å². The Balaban J connectivity index is 1.72. The lowest BCUT2D eigenvalue weighted by atomic mass is 10.2. The van der Waals surface area contributed by atoms with Crippen LogP contribution in [0.1, 0.15) is 15.9 Å². The molecule has 3 aromatic rings. The van der Waals surface area contributed by atoms with Crippen molar-refractivity contribution in [2.24, 2.45) is 5.73 Å². The van der Waals surface area contributed by atoms with Crippen molar-refractivity contribution >= 4 is 34.8 Å². The molecule has 1 amide bonds. The number of halogens is 2. The maximum absolute atomic E-state index is 12.9. The lowest BCUT2D eigenvalue weighted by Gasteiger charge is -2.23. The van der Waals surface area contributed by atoms with E-state index < -0.39 is 0 Å². The van der Waals surface area contributed by atoms with E-state index in [4.69, 9.17) is 33.7 Å². The van der Waals surface area contributed by atoms with E-state index in [1.165, 1.54) is 0 Å². The highest BCUT2D eigenvalue weighted by Crippen LogP contribution is 2.23. The molecule has 144 valence electrons. The topological polar surface area (TPSA) is 68.5 Å². The zero-order valence-corrected chi connectivity index (χ0v) is 16.5. The highest BCUT2D eigenvalue weighted by Gasteiger charge is 2.20. The Hall–Kier alpha value is -2.60. The molecule has 5 nitrogen and oxygen atoms in total. The average molecular weight is 416 g/mol. The lowest BCUT2D eigenvalue weighted by Crippen LogP contribution is -2.35. The molecule has 0 aliphatic carbocycles. The van der Waals surface area contributed by atoms with E-state index in [0.717, 1.165) is 5.56 Å². The molecule has 0 bridgehead atoms. The Morgan fingerprint density at radius 1 is 1.04 bits per heavy atom. The van der Waals surface area contributed by atoms with Crippen LogP contribution in [-0.4, -0.2) is 24.0 Å². The number of ether oxygens (including phenoxy) is 1. The van der Waals surface area contributed by atoms with E-state index in [2.05, 4.69) is 4.98 Å². The Morgan fingerprint density at radius 3 is 2.39 bits per heavy atom. The second-order valence-corrected chi connectivity index (χ2v) is 6.79. The molecule has 0 fully saturated rings. The van der Waals surface area contributed by atoms with Gasteiger partial charge < -0.3 is 15.4 Å². The summed E-state index contributed by atoms with van der Waals surface area (Å²) in [5.41, 5.74) is 7.75. The Bertz CT molecular complexity index is 931. The summed E-state index contributed by atoms with van der Waals surface area (Å²) < 4.78 is 5.79. The predicted octanol–water partition coefficient (Wildman–Crippen LogP) is 4.57. The first-order valence-electron chi connectivity index (χ1n) is 8.68. The number of nitrogens with two attached hydrogens (primary N) is 1. The van der Waals surface area contributed by atoms with Gasteiger partial charge in [0.05, 0.1) is 5.56 Å². The van der Waals surface area contributed by atoms with Gasteiger partial charge in [-0.1, -0.05) is 35.3 Å². The normalized spacial score (nSPS) is 10.5. The van der Waals surface area contributed by atoms with E-state index in [1.54, 1.807) is 23.2 Å². The average Bonchev–Trinajstić information content (AvgIpc) is 2.72. The standard InChI is InChI=1S/C21H19Cl2N3O2/c22-16-5-3-15(4-6-16)14-28-18-9-7-17(8-10-18)26(13-11-24)21(27)19-2-1-12-25-20(19)23/h1-10,12H,11,13-14,24H2. The number of rotatable bonds is 7. The van der Waals surface area contributed by atoms with Crippen molar-refractivity contribution in [3.8, 4) is 5.75 Å². The fourth-order valence-electron chi connectivity index (χ4n) is 2.64. The number of anilines is 1. The number of benzene rings is 2. The fourth-order valence-corrected chi connectivity index (χ4v) is 2.96. The highest BCUT2D eigenvalue weighted by atomic mass is 35.5. The van der Waals surface area contributed by atoms with Crippen LogP contribution in [0.4, 0.5) is 5.69 Å². The summed E-state index contributed by atoms with van der Waals surface area (Å²) in [5, 5.41) is 0.851. The third kappa shape index (κ3) is 5.01. The molecule has 3 rings (SSSR count). The number of pyridine rings is 1. The molecule has 0 saturated carbocycles. The number of hydrogen-bond acceptors (Lipinski definition) is 4.